The van der Waals surface area contributed by atoms with Gasteiger partial charge in [0.1, 0.15) is 0 Å². The first kappa shape index (κ1) is 18.5. The predicted octanol–water partition coefficient (Wildman–Crippen LogP) is 3.10. The number of carbonyl (C=O) groups is 1. The normalized spacial score (nSPS) is 26.2. The van der Waals surface area contributed by atoms with Crippen molar-refractivity contribution in [2.75, 3.05) is 16.4 Å². The molecule has 5 nitrogen and oxygen atoms in total. The Hall–Kier alpha value is -1.34. The highest BCUT2D eigenvalue weighted by molar-refractivity contribution is 8.16. The van der Waals surface area contributed by atoms with Gasteiger partial charge in [-0.1, -0.05) is 31.2 Å². The number of amides is 1. The van der Waals surface area contributed by atoms with Crippen LogP contribution in [0.25, 0.3) is 0 Å². The number of unbranched alkanes of at least 4 members (excludes halogenated alkanes) is 1. The van der Waals surface area contributed by atoms with Crippen molar-refractivity contribution in [1.29, 1.82) is 0 Å². The van der Waals surface area contributed by atoms with Gasteiger partial charge in [0.25, 0.3) is 0 Å². The van der Waals surface area contributed by atoms with E-state index in [1.807, 2.05) is 37.8 Å². The Morgan fingerprint density at radius 2 is 1.92 bits per heavy atom. The van der Waals surface area contributed by atoms with E-state index in [-0.39, 0.29) is 28.7 Å². The molecule has 3 rings (SSSR count). The van der Waals surface area contributed by atoms with Crippen molar-refractivity contribution in [2.45, 2.75) is 51.3 Å². The van der Waals surface area contributed by atoms with Crippen LogP contribution in [0.1, 0.15) is 37.3 Å². The first-order chi connectivity index (χ1) is 11.8. The number of benzene rings is 1. The van der Waals surface area contributed by atoms with E-state index in [4.69, 9.17) is 0 Å². The largest absolute Gasteiger partial charge is 0.316 e. The fraction of sp³-hybridized carbons (Fsp3) is 0.556. The van der Waals surface area contributed by atoms with Crippen LogP contribution in [0.5, 0.6) is 0 Å². The average Bonchev–Trinajstić information content (AvgIpc) is 2.94. The highest BCUT2D eigenvalue weighted by atomic mass is 32.2. The van der Waals surface area contributed by atoms with E-state index in [0.29, 0.717) is 11.6 Å². The van der Waals surface area contributed by atoms with E-state index in [2.05, 4.69) is 11.1 Å². The summed E-state index contributed by atoms with van der Waals surface area (Å²) in [5, 5.41) is 0.597. The zero-order valence-corrected chi connectivity index (χ0v) is 16.5. The molecule has 2 aliphatic heterocycles. The fourth-order valence-electron chi connectivity index (χ4n) is 3.45. The molecule has 1 aromatic carbocycles. The van der Waals surface area contributed by atoms with E-state index < -0.39 is 9.84 Å². The number of anilines is 1. The molecular weight excluding hydrogens is 356 g/mol. The van der Waals surface area contributed by atoms with Crippen molar-refractivity contribution in [3.8, 4) is 0 Å². The molecule has 2 atom stereocenters. The fourth-order valence-corrected chi connectivity index (χ4v) is 7.38. The van der Waals surface area contributed by atoms with Crippen molar-refractivity contribution in [3.05, 3.63) is 29.3 Å². The van der Waals surface area contributed by atoms with E-state index in [1.165, 1.54) is 11.8 Å². The van der Waals surface area contributed by atoms with E-state index in [9.17, 15) is 13.2 Å². The minimum absolute atomic E-state index is 0.0523. The quantitative estimate of drug-likeness (QED) is 0.803. The number of carbonyl (C=O) groups excluding carboxylic acids is 1. The topological polar surface area (TPSA) is 66.8 Å². The van der Waals surface area contributed by atoms with Gasteiger partial charge in [-0.15, -0.1) is 0 Å². The Morgan fingerprint density at radius 1 is 1.24 bits per heavy atom. The molecule has 0 aromatic heterocycles. The van der Waals surface area contributed by atoms with E-state index in [0.717, 1.165) is 29.7 Å². The zero-order chi connectivity index (χ0) is 18.2. The van der Waals surface area contributed by atoms with Crippen molar-refractivity contribution in [3.63, 3.8) is 0 Å². The predicted molar refractivity (Wildman–Crippen MR) is 104 cm³/mol. The SMILES string of the molecule is CCCCC(=O)N=C1S[C@H]2CS(=O)(=O)C[C@H]2N1c1cc(C)cc(C)c1. The lowest BCUT2D eigenvalue weighted by Gasteiger charge is -2.25. The summed E-state index contributed by atoms with van der Waals surface area (Å²) in [7, 11) is -3.04. The number of thioether (sulfide) groups is 1. The van der Waals surface area contributed by atoms with Gasteiger partial charge in [0, 0.05) is 17.4 Å². The monoisotopic (exact) mass is 380 g/mol. The molecule has 0 unspecified atom stereocenters. The maximum atomic E-state index is 12.2. The van der Waals surface area contributed by atoms with Crippen molar-refractivity contribution >= 4 is 38.4 Å². The van der Waals surface area contributed by atoms with Gasteiger partial charge in [-0.05, 0) is 43.5 Å². The van der Waals surface area contributed by atoms with Crippen molar-refractivity contribution in [1.82, 2.24) is 0 Å². The maximum Gasteiger partial charge on any atom is 0.248 e. The smallest absolute Gasteiger partial charge is 0.248 e. The van der Waals surface area contributed by atoms with Gasteiger partial charge in [-0.2, -0.15) is 4.99 Å². The highest BCUT2D eigenvalue weighted by Crippen LogP contribution is 2.41. The number of amidine groups is 1. The molecule has 7 heteroatoms. The number of sulfone groups is 1. The molecule has 0 aliphatic carbocycles. The molecule has 2 heterocycles. The van der Waals surface area contributed by atoms with Gasteiger partial charge >= 0.3 is 0 Å². The lowest BCUT2D eigenvalue weighted by atomic mass is 10.1. The molecule has 136 valence electrons. The van der Waals surface area contributed by atoms with Crippen LogP contribution in [0.3, 0.4) is 0 Å². The van der Waals surface area contributed by atoms with E-state index in [1.54, 1.807) is 0 Å². The van der Waals surface area contributed by atoms with E-state index >= 15 is 0 Å². The molecular formula is C18H24N2O3S2. The molecule has 0 N–H and O–H groups in total. The molecule has 2 fully saturated rings. The Balaban J connectivity index is 1.98. The van der Waals surface area contributed by atoms with Gasteiger partial charge in [0.15, 0.2) is 15.0 Å². The first-order valence-corrected chi connectivity index (χ1v) is 11.4. The molecule has 2 saturated heterocycles. The second kappa shape index (κ2) is 7.11. The summed E-state index contributed by atoms with van der Waals surface area (Å²) < 4.78 is 24.2. The summed E-state index contributed by atoms with van der Waals surface area (Å²) in [6.07, 6.45) is 2.22. The summed E-state index contributed by atoms with van der Waals surface area (Å²) in [4.78, 5) is 18.5. The molecule has 0 radical (unpaired) electrons. The number of nitrogens with zero attached hydrogens (tertiary/aromatic N) is 2. The highest BCUT2D eigenvalue weighted by Gasteiger charge is 2.49. The Labute approximate surface area is 153 Å². The molecule has 1 aromatic rings. The van der Waals surface area contributed by atoms with Gasteiger partial charge in [0.05, 0.1) is 17.5 Å². The summed E-state index contributed by atoms with van der Waals surface area (Å²) in [6.45, 7) is 6.08. The summed E-state index contributed by atoms with van der Waals surface area (Å²) in [5.74, 6) is 0.160. The third kappa shape index (κ3) is 4.08. The molecule has 0 saturated carbocycles. The second-order valence-corrected chi connectivity index (χ2v) is 10.3. The van der Waals surface area contributed by atoms with Gasteiger partial charge in [-0.3, -0.25) is 4.79 Å². The maximum absolute atomic E-state index is 12.2. The van der Waals surface area contributed by atoms with Gasteiger partial charge < -0.3 is 4.90 Å². The number of aryl methyl sites for hydroxylation is 2. The van der Waals surface area contributed by atoms with Crippen LogP contribution in [0.4, 0.5) is 5.69 Å². The van der Waals surface area contributed by atoms with Crippen LogP contribution < -0.4 is 4.90 Å². The van der Waals surface area contributed by atoms with Gasteiger partial charge in [0.2, 0.25) is 5.91 Å². The third-order valence-corrected chi connectivity index (χ3v) is 7.73. The Bertz CT molecular complexity index is 797. The van der Waals surface area contributed by atoms with Gasteiger partial charge in [-0.25, -0.2) is 8.42 Å². The van der Waals surface area contributed by atoms with Crippen LogP contribution in [-0.2, 0) is 14.6 Å². The van der Waals surface area contributed by atoms with Crippen LogP contribution in [0.15, 0.2) is 23.2 Å². The number of hydrogen-bond acceptors (Lipinski definition) is 4. The third-order valence-electron chi connectivity index (χ3n) is 4.52. The summed E-state index contributed by atoms with van der Waals surface area (Å²) >= 11 is 1.44. The van der Waals surface area contributed by atoms with Crippen LogP contribution in [0, 0.1) is 13.8 Å². The standard InChI is InChI=1S/C18H24N2O3S2/c1-4-5-6-17(21)19-18-20(14-8-12(2)7-13(3)9-14)15-10-25(22,23)11-16(15)24-18/h7-9,15-16H,4-6,10-11H2,1-3H3/t15-,16+/m1/s1. The van der Waals surface area contributed by atoms with Crippen molar-refractivity contribution in [2.24, 2.45) is 4.99 Å². The molecule has 0 bridgehead atoms. The minimum Gasteiger partial charge on any atom is -0.316 e. The number of hydrogen-bond donors (Lipinski definition) is 0. The number of fused-ring (bicyclic) bond motifs is 1. The molecule has 2 aliphatic rings. The summed E-state index contributed by atoms with van der Waals surface area (Å²) in [5.41, 5.74) is 3.15. The lowest BCUT2D eigenvalue weighted by molar-refractivity contribution is -0.117. The Kier molecular flexibility index (Phi) is 5.25. The summed E-state index contributed by atoms with van der Waals surface area (Å²) in [6, 6.07) is 6.01. The lowest BCUT2D eigenvalue weighted by Crippen LogP contribution is -2.37. The number of aliphatic imine (C=N–C) groups is 1. The van der Waals surface area contributed by atoms with Crippen LogP contribution in [0.2, 0.25) is 0 Å². The first-order valence-electron chi connectivity index (χ1n) is 8.65. The molecule has 1 amide bonds. The van der Waals surface area contributed by atoms with Crippen molar-refractivity contribution < 1.29 is 13.2 Å². The average molecular weight is 381 g/mol. The van der Waals surface area contributed by atoms with Crippen LogP contribution in [-0.4, -0.2) is 42.3 Å². The Morgan fingerprint density at radius 3 is 2.56 bits per heavy atom. The number of rotatable bonds is 4. The molecule has 25 heavy (non-hydrogen) atoms. The molecule has 0 spiro atoms. The minimum atomic E-state index is -3.04. The zero-order valence-electron chi connectivity index (χ0n) is 14.9. The van der Waals surface area contributed by atoms with Crippen LogP contribution >= 0.6 is 11.8 Å². The second-order valence-electron chi connectivity index (χ2n) is 6.91.